The highest BCUT2D eigenvalue weighted by atomic mass is 15.3. The number of aromatic nitrogens is 4. The first-order valence-electron chi connectivity index (χ1n) is 5.59. The van der Waals surface area contributed by atoms with Crippen molar-refractivity contribution in [2.75, 3.05) is 0 Å². The predicted octanol–water partition coefficient (Wildman–Crippen LogP) is 2.33. The van der Waals surface area contributed by atoms with E-state index in [1.165, 1.54) is 11.4 Å². The molecule has 0 radical (unpaired) electrons. The topological polar surface area (TPSA) is 35.6 Å². The Bertz CT molecular complexity index is 479. The molecule has 0 saturated heterocycles. The predicted molar refractivity (Wildman–Crippen MR) is 63.4 cm³/mol. The van der Waals surface area contributed by atoms with Crippen LogP contribution in [0.5, 0.6) is 0 Å². The Balaban J connectivity index is 2.27. The lowest BCUT2D eigenvalue weighted by Crippen LogP contribution is -2.10. The summed E-state index contributed by atoms with van der Waals surface area (Å²) in [4.78, 5) is 4.20. The largest absolute Gasteiger partial charge is 0.330 e. The summed E-state index contributed by atoms with van der Waals surface area (Å²) in [7, 11) is 0. The molecular weight excluding hydrogens is 200 g/mol. The standard InChI is InChI=1S/C12H18N4/c1-9(2)15-8-13-6-12(15)7-16-11(4)5-10(3)14-16/h5-6,8-9H,7H2,1-4H3. The summed E-state index contributed by atoms with van der Waals surface area (Å²) in [5.41, 5.74) is 3.45. The normalized spacial score (nSPS) is 11.3. The molecule has 2 rings (SSSR count). The van der Waals surface area contributed by atoms with Crippen LogP contribution in [0.1, 0.15) is 37.0 Å². The third kappa shape index (κ3) is 2.01. The molecule has 0 aliphatic heterocycles. The second kappa shape index (κ2) is 4.12. The van der Waals surface area contributed by atoms with E-state index < -0.39 is 0 Å². The number of aryl methyl sites for hydroxylation is 2. The SMILES string of the molecule is Cc1cc(C)n(Cc2cncn2C(C)C)n1. The van der Waals surface area contributed by atoms with Gasteiger partial charge < -0.3 is 4.57 Å². The molecular formula is C12H18N4. The van der Waals surface area contributed by atoms with Crippen LogP contribution in [0, 0.1) is 13.8 Å². The minimum absolute atomic E-state index is 0.439. The Morgan fingerprint density at radius 2 is 2.06 bits per heavy atom. The van der Waals surface area contributed by atoms with Crippen LogP contribution in [0.25, 0.3) is 0 Å². The van der Waals surface area contributed by atoms with Crippen molar-refractivity contribution in [3.63, 3.8) is 0 Å². The fraction of sp³-hybridized carbons (Fsp3) is 0.500. The Kier molecular flexibility index (Phi) is 2.81. The highest BCUT2D eigenvalue weighted by molar-refractivity contribution is 5.09. The van der Waals surface area contributed by atoms with Gasteiger partial charge in [-0.1, -0.05) is 0 Å². The number of rotatable bonds is 3. The van der Waals surface area contributed by atoms with Crippen molar-refractivity contribution < 1.29 is 0 Å². The highest BCUT2D eigenvalue weighted by Crippen LogP contribution is 2.11. The second-order valence-corrected chi connectivity index (χ2v) is 4.47. The zero-order valence-electron chi connectivity index (χ0n) is 10.3. The molecule has 16 heavy (non-hydrogen) atoms. The monoisotopic (exact) mass is 218 g/mol. The third-order valence-electron chi connectivity index (χ3n) is 2.72. The summed E-state index contributed by atoms with van der Waals surface area (Å²) in [6.07, 6.45) is 3.79. The summed E-state index contributed by atoms with van der Waals surface area (Å²) >= 11 is 0. The second-order valence-electron chi connectivity index (χ2n) is 4.47. The molecule has 0 N–H and O–H groups in total. The van der Waals surface area contributed by atoms with Gasteiger partial charge in [0.15, 0.2) is 0 Å². The van der Waals surface area contributed by atoms with Crippen LogP contribution < -0.4 is 0 Å². The number of imidazole rings is 1. The lowest BCUT2D eigenvalue weighted by molar-refractivity contribution is 0.542. The van der Waals surface area contributed by atoms with Crippen LogP contribution in [0.4, 0.5) is 0 Å². The lowest BCUT2D eigenvalue weighted by Gasteiger charge is -2.12. The molecule has 0 unspecified atom stereocenters. The van der Waals surface area contributed by atoms with Crippen LogP contribution in [0.3, 0.4) is 0 Å². The van der Waals surface area contributed by atoms with Gasteiger partial charge in [0.05, 0.1) is 30.5 Å². The third-order valence-corrected chi connectivity index (χ3v) is 2.72. The van der Waals surface area contributed by atoms with Gasteiger partial charge in [-0.25, -0.2) is 4.98 Å². The van der Waals surface area contributed by atoms with E-state index >= 15 is 0 Å². The molecule has 2 aromatic rings. The first-order chi connectivity index (χ1) is 7.58. The van der Waals surface area contributed by atoms with Crippen molar-refractivity contribution in [3.05, 3.63) is 35.7 Å². The van der Waals surface area contributed by atoms with Crippen molar-refractivity contribution in [2.24, 2.45) is 0 Å². The molecule has 0 aromatic carbocycles. The molecule has 0 amide bonds. The Hall–Kier alpha value is -1.58. The van der Waals surface area contributed by atoms with Crippen molar-refractivity contribution in [3.8, 4) is 0 Å². The molecule has 0 spiro atoms. The van der Waals surface area contributed by atoms with Gasteiger partial charge in [0.1, 0.15) is 0 Å². The quantitative estimate of drug-likeness (QED) is 0.792. The highest BCUT2D eigenvalue weighted by Gasteiger charge is 2.08. The lowest BCUT2D eigenvalue weighted by atomic mass is 10.3. The minimum atomic E-state index is 0.439. The van der Waals surface area contributed by atoms with E-state index in [-0.39, 0.29) is 0 Å². The summed E-state index contributed by atoms with van der Waals surface area (Å²) in [5, 5.41) is 4.46. The maximum Gasteiger partial charge on any atom is 0.0951 e. The number of nitrogens with zero attached hydrogens (tertiary/aromatic N) is 4. The van der Waals surface area contributed by atoms with Gasteiger partial charge in [-0.05, 0) is 33.8 Å². The van der Waals surface area contributed by atoms with Crippen LogP contribution in [0.2, 0.25) is 0 Å². The Labute approximate surface area is 95.9 Å². The Morgan fingerprint density at radius 1 is 1.31 bits per heavy atom. The molecule has 0 fully saturated rings. The first-order valence-corrected chi connectivity index (χ1v) is 5.59. The molecule has 0 aliphatic rings. The molecule has 86 valence electrons. The van der Waals surface area contributed by atoms with E-state index in [0.717, 1.165) is 12.2 Å². The molecule has 0 saturated carbocycles. The average molecular weight is 218 g/mol. The fourth-order valence-corrected chi connectivity index (χ4v) is 1.91. The molecule has 4 heteroatoms. The zero-order valence-corrected chi connectivity index (χ0v) is 10.3. The first kappa shape index (κ1) is 10.9. The van der Waals surface area contributed by atoms with E-state index in [2.05, 4.69) is 41.5 Å². The van der Waals surface area contributed by atoms with E-state index in [1.54, 1.807) is 0 Å². The molecule has 2 heterocycles. The van der Waals surface area contributed by atoms with Gasteiger partial charge in [0, 0.05) is 11.7 Å². The summed E-state index contributed by atoms with van der Waals surface area (Å²) in [6, 6.07) is 2.53. The van der Waals surface area contributed by atoms with E-state index in [1.807, 2.05) is 24.1 Å². The summed E-state index contributed by atoms with van der Waals surface area (Å²) < 4.78 is 4.20. The van der Waals surface area contributed by atoms with Crippen LogP contribution in [0.15, 0.2) is 18.6 Å². The smallest absolute Gasteiger partial charge is 0.0951 e. The van der Waals surface area contributed by atoms with Gasteiger partial charge in [0.25, 0.3) is 0 Å². The fourth-order valence-electron chi connectivity index (χ4n) is 1.91. The molecule has 0 atom stereocenters. The molecule has 0 aliphatic carbocycles. The summed E-state index contributed by atoms with van der Waals surface area (Å²) in [5.74, 6) is 0. The van der Waals surface area contributed by atoms with Gasteiger partial charge >= 0.3 is 0 Å². The van der Waals surface area contributed by atoms with E-state index in [0.29, 0.717) is 6.04 Å². The van der Waals surface area contributed by atoms with Gasteiger partial charge in [0.2, 0.25) is 0 Å². The minimum Gasteiger partial charge on any atom is -0.330 e. The van der Waals surface area contributed by atoms with Crippen LogP contribution >= 0.6 is 0 Å². The molecule has 2 aromatic heterocycles. The zero-order chi connectivity index (χ0) is 11.7. The number of hydrogen-bond acceptors (Lipinski definition) is 2. The number of hydrogen-bond donors (Lipinski definition) is 0. The van der Waals surface area contributed by atoms with E-state index in [4.69, 9.17) is 0 Å². The maximum atomic E-state index is 4.46. The maximum absolute atomic E-state index is 4.46. The summed E-state index contributed by atoms with van der Waals surface area (Å²) in [6.45, 7) is 9.20. The molecule has 4 nitrogen and oxygen atoms in total. The van der Waals surface area contributed by atoms with Crippen molar-refractivity contribution >= 4 is 0 Å². The van der Waals surface area contributed by atoms with Crippen molar-refractivity contribution in [2.45, 2.75) is 40.3 Å². The van der Waals surface area contributed by atoms with Gasteiger partial charge in [-0.15, -0.1) is 0 Å². The Morgan fingerprint density at radius 3 is 2.62 bits per heavy atom. The average Bonchev–Trinajstić information content (AvgIpc) is 2.75. The van der Waals surface area contributed by atoms with E-state index in [9.17, 15) is 0 Å². The van der Waals surface area contributed by atoms with Gasteiger partial charge in [-0.3, -0.25) is 4.68 Å². The van der Waals surface area contributed by atoms with Crippen LogP contribution in [-0.4, -0.2) is 19.3 Å². The van der Waals surface area contributed by atoms with Crippen molar-refractivity contribution in [1.82, 2.24) is 19.3 Å². The van der Waals surface area contributed by atoms with Crippen molar-refractivity contribution in [1.29, 1.82) is 0 Å². The van der Waals surface area contributed by atoms with Gasteiger partial charge in [-0.2, -0.15) is 5.10 Å². The molecule has 0 bridgehead atoms. The van der Waals surface area contributed by atoms with Crippen LogP contribution in [-0.2, 0) is 6.54 Å².